The Morgan fingerprint density at radius 3 is 2.44 bits per heavy atom. The van der Waals surface area contributed by atoms with Crippen molar-refractivity contribution in [3.8, 4) is 5.75 Å². The number of Topliss-reactive ketones (excluding diaryl/α,β-unsaturated/α-hetero) is 1. The molecule has 5 nitrogen and oxygen atoms in total. The third-order valence-corrected chi connectivity index (χ3v) is 7.03. The molecule has 1 fully saturated rings. The van der Waals surface area contributed by atoms with E-state index in [0.717, 1.165) is 34.6 Å². The van der Waals surface area contributed by atoms with Gasteiger partial charge in [-0.05, 0) is 79.2 Å². The first-order chi connectivity index (χ1) is 17.0. The molecule has 1 N–H and O–H groups in total. The summed E-state index contributed by atoms with van der Waals surface area (Å²) in [5.41, 5.74) is 0.574. The fraction of sp³-hybridized carbons (Fsp3) is 0.259. The predicted molar refractivity (Wildman–Crippen MR) is 132 cm³/mol. The zero-order valence-corrected chi connectivity index (χ0v) is 20.7. The molecule has 1 unspecified atom stereocenters. The van der Waals surface area contributed by atoms with Crippen LogP contribution in [0.2, 0.25) is 0 Å². The summed E-state index contributed by atoms with van der Waals surface area (Å²) in [5.74, 6) is -1.74. The van der Waals surface area contributed by atoms with E-state index in [9.17, 15) is 27.9 Å². The molecular formula is C27H24F3NO4S. The van der Waals surface area contributed by atoms with Crippen LogP contribution in [0.3, 0.4) is 0 Å². The highest BCUT2D eigenvalue weighted by atomic mass is 32.1. The zero-order valence-electron chi connectivity index (χ0n) is 19.8. The van der Waals surface area contributed by atoms with E-state index < -0.39 is 35.2 Å². The number of hydrogen-bond donors (Lipinski definition) is 1. The van der Waals surface area contributed by atoms with Gasteiger partial charge in [0.05, 0.1) is 17.7 Å². The Balaban J connectivity index is 1.88. The number of hydrogen-bond acceptors (Lipinski definition) is 5. The van der Waals surface area contributed by atoms with Crippen LogP contribution in [0.4, 0.5) is 18.9 Å². The molecule has 1 aromatic heterocycles. The third kappa shape index (κ3) is 4.63. The van der Waals surface area contributed by atoms with Crippen molar-refractivity contribution in [2.24, 2.45) is 0 Å². The summed E-state index contributed by atoms with van der Waals surface area (Å²) in [6, 6.07) is 9.89. The van der Waals surface area contributed by atoms with Gasteiger partial charge in [-0.25, -0.2) is 0 Å². The first-order valence-corrected chi connectivity index (χ1v) is 12.2. The fourth-order valence-electron chi connectivity index (χ4n) is 4.17. The summed E-state index contributed by atoms with van der Waals surface area (Å²) in [7, 11) is 0. The Labute approximate surface area is 210 Å². The van der Waals surface area contributed by atoms with Gasteiger partial charge in [0, 0.05) is 16.1 Å². The van der Waals surface area contributed by atoms with Gasteiger partial charge < -0.3 is 9.84 Å². The minimum atomic E-state index is -4.63. The minimum absolute atomic E-state index is 0.0803. The van der Waals surface area contributed by atoms with E-state index in [0.29, 0.717) is 22.8 Å². The number of carbonyl (C=O) groups is 2. The highest BCUT2D eigenvalue weighted by Crippen LogP contribution is 2.45. The number of aliphatic hydroxyl groups excluding tert-OH is 1. The predicted octanol–water partition coefficient (Wildman–Crippen LogP) is 6.80. The maximum atomic E-state index is 13.4. The van der Waals surface area contributed by atoms with Gasteiger partial charge in [-0.3, -0.25) is 14.5 Å². The smallest absolute Gasteiger partial charge is 0.416 e. The molecule has 0 radical (unpaired) electrons. The molecule has 4 rings (SSSR count). The number of ether oxygens (including phenoxy) is 1. The molecule has 1 aliphatic rings. The van der Waals surface area contributed by atoms with Gasteiger partial charge in [0.15, 0.2) is 0 Å². The highest BCUT2D eigenvalue weighted by Gasteiger charge is 2.48. The van der Waals surface area contributed by atoms with Crippen LogP contribution in [0.15, 0.2) is 59.5 Å². The van der Waals surface area contributed by atoms with Crippen LogP contribution in [-0.4, -0.2) is 23.4 Å². The van der Waals surface area contributed by atoms with Crippen molar-refractivity contribution in [3.63, 3.8) is 0 Å². The second kappa shape index (κ2) is 9.81. The second-order valence-electron chi connectivity index (χ2n) is 8.51. The molecule has 1 atom stereocenters. The molecule has 1 amide bonds. The lowest BCUT2D eigenvalue weighted by Crippen LogP contribution is -2.29. The number of nitrogens with zero attached hydrogens (tertiary/aromatic N) is 1. The molecule has 0 spiro atoms. The third-order valence-electron chi connectivity index (χ3n) is 5.96. The molecule has 0 bridgehead atoms. The van der Waals surface area contributed by atoms with Gasteiger partial charge in [0.2, 0.25) is 0 Å². The van der Waals surface area contributed by atoms with E-state index >= 15 is 0 Å². The highest BCUT2D eigenvalue weighted by molar-refractivity contribution is 7.10. The van der Waals surface area contributed by atoms with E-state index in [2.05, 4.69) is 0 Å². The molecule has 1 saturated heterocycles. The number of carbonyl (C=O) groups excluding carboxylic acids is 2. The number of alkyl halides is 3. The molecule has 2 heterocycles. The van der Waals surface area contributed by atoms with Gasteiger partial charge in [0.1, 0.15) is 17.6 Å². The molecule has 1 aliphatic heterocycles. The number of anilines is 1. The van der Waals surface area contributed by atoms with E-state index in [4.69, 9.17) is 4.74 Å². The first kappa shape index (κ1) is 25.5. The average molecular weight is 516 g/mol. The number of rotatable bonds is 6. The summed E-state index contributed by atoms with van der Waals surface area (Å²) in [6.07, 6.45) is -3.81. The van der Waals surface area contributed by atoms with E-state index in [-0.39, 0.29) is 11.3 Å². The Morgan fingerprint density at radius 1 is 1.08 bits per heavy atom. The SMILES string of the molecule is CCCOc1ccc(/C(O)=C2/C(=O)C(=O)N(c3cccc(C(F)(F)F)c3)C2c2sccc2C)cc1C. The van der Waals surface area contributed by atoms with Crippen LogP contribution in [0.1, 0.15) is 46.5 Å². The van der Waals surface area contributed by atoms with Crippen LogP contribution in [0.5, 0.6) is 5.75 Å². The number of aryl methyl sites for hydroxylation is 2. The lowest BCUT2D eigenvalue weighted by atomic mass is 9.97. The molecule has 0 aliphatic carbocycles. The first-order valence-electron chi connectivity index (χ1n) is 11.3. The zero-order chi connectivity index (χ0) is 26.2. The number of amides is 1. The molecular weight excluding hydrogens is 491 g/mol. The fourth-order valence-corrected chi connectivity index (χ4v) is 5.19. The Morgan fingerprint density at radius 2 is 1.83 bits per heavy atom. The van der Waals surface area contributed by atoms with Gasteiger partial charge in [-0.15, -0.1) is 11.3 Å². The van der Waals surface area contributed by atoms with Crippen molar-refractivity contribution >= 4 is 34.5 Å². The van der Waals surface area contributed by atoms with Crippen LogP contribution < -0.4 is 9.64 Å². The monoisotopic (exact) mass is 515 g/mol. The number of aliphatic hydroxyl groups is 1. The maximum absolute atomic E-state index is 13.4. The standard InChI is InChI=1S/C27H24F3NO4S/c1-4-11-35-20-9-8-17(13-16(20)3)23(32)21-22(25-15(2)10-12-36-25)31(26(34)24(21)33)19-7-5-6-18(14-19)27(28,29)30/h5-10,12-14,22,32H,4,11H2,1-3H3/b23-21-. The Kier molecular flexibility index (Phi) is 6.95. The number of thiophene rings is 1. The number of halogens is 3. The topological polar surface area (TPSA) is 66.8 Å². The van der Waals surface area contributed by atoms with Gasteiger partial charge >= 0.3 is 6.18 Å². The molecule has 188 valence electrons. The van der Waals surface area contributed by atoms with Crippen molar-refractivity contribution in [2.45, 2.75) is 39.4 Å². The largest absolute Gasteiger partial charge is 0.507 e. The summed E-state index contributed by atoms with van der Waals surface area (Å²) in [5, 5.41) is 13.0. The summed E-state index contributed by atoms with van der Waals surface area (Å²) in [4.78, 5) is 28.1. The number of benzene rings is 2. The van der Waals surface area contributed by atoms with Gasteiger partial charge in [-0.1, -0.05) is 13.0 Å². The van der Waals surface area contributed by atoms with Crippen molar-refractivity contribution in [1.29, 1.82) is 0 Å². The maximum Gasteiger partial charge on any atom is 0.416 e. The van der Waals surface area contributed by atoms with Crippen molar-refractivity contribution in [1.82, 2.24) is 0 Å². The van der Waals surface area contributed by atoms with E-state index in [1.54, 1.807) is 43.5 Å². The van der Waals surface area contributed by atoms with Crippen LogP contribution in [0, 0.1) is 13.8 Å². The van der Waals surface area contributed by atoms with Crippen molar-refractivity contribution < 1.29 is 32.6 Å². The van der Waals surface area contributed by atoms with Crippen molar-refractivity contribution in [2.75, 3.05) is 11.5 Å². The number of ketones is 1. The molecule has 9 heteroatoms. The van der Waals surface area contributed by atoms with Crippen LogP contribution >= 0.6 is 11.3 Å². The van der Waals surface area contributed by atoms with E-state index in [1.807, 2.05) is 6.92 Å². The minimum Gasteiger partial charge on any atom is -0.507 e. The lowest BCUT2D eigenvalue weighted by Gasteiger charge is -2.25. The van der Waals surface area contributed by atoms with Crippen LogP contribution in [-0.2, 0) is 15.8 Å². The average Bonchev–Trinajstić information content (AvgIpc) is 3.37. The van der Waals surface area contributed by atoms with Crippen molar-refractivity contribution in [3.05, 3.63) is 86.6 Å². The quantitative estimate of drug-likeness (QED) is 0.223. The summed E-state index contributed by atoms with van der Waals surface area (Å²) < 4.78 is 45.9. The molecule has 2 aromatic carbocycles. The Bertz CT molecular complexity index is 1360. The molecule has 3 aromatic rings. The molecule has 36 heavy (non-hydrogen) atoms. The summed E-state index contributed by atoms with van der Waals surface area (Å²) >= 11 is 1.26. The lowest BCUT2D eigenvalue weighted by molar-refractivity contribution is -0.137. The summed E-state index contributed by atoms with van der Waals surface area (Å²) in [6.45, 7) is 6.07. The second-order valence-corrected chi connectivity index (χ2v) is 9.46. The normalized spacial score (nSPS) is 17.6. The van der Waals surface area contributed by atoms with E-state index in [1.165, 1.54) is 23.5 Å². The Hall–Kier alpha value is -3.59. The van der Waals surface area contributed by atoms with Crippen LogP contribution in [0.25, 0.3) is 5.76 Å². The van der Waals surface area contributed by atoms with Gasteiger partial charge in [-0.2, -0.15) is 13.2 Å². The van der Waals surface area contributed by atoms with Gasteiger partial charge in [0.25, 0.3) is 11.7 Å². The molecule has 0 saturated carbocycles.